The van der Waals surface area contributed by atoms with E-state index in [4.69, 9.17) is 14.2 Å². The van der Waals surface area contributed by atoms with E-state index in [-0.39, 0.29) is 31.1 Å². The topological polar surface area (TPSA) is 78.9 Å². The largest absolute Gasteiger partial charge is 0.462 e. The van der Waals surface area contributed by atoms with E-state index >= 15 is 0 Å². The van der Waals surface area contributed by atoms with Crippen molar-refractivity contribution in [2.75, 3.05) is 13.2 Å². The van der Waals surface area contributed by atoms with Crippen molar-refractivity contribution in [2.45, 2.75) is 374 Å². The monoisotopic (exact) mass is 1030 g/mol. The molecule has 1 atom stereocenters. The average molecular weight is 1030 g/mol. The summed E-state index contributed by atoms with van der Waals surface area (Å²) in [5.74, 6) is -0.858. The van der Waals surface area contributed by atoms with E-state index in [1.165, 1.54) is 257 Å². The first kappa shape index (κ1) is 70.9. The van der Waals surface area contributed by atoms with Crippen LogP contribution in [0.3, 0.4) is 0 Å². The van der Waals surface area contributed by atoms with Crippen LogP contribution in [0, 0.1) is 0 Å². The zero-order valence-electron chi connectivity index (χ0n) is 49.4. The Hall–Kier alpha value is -2.11. The summed E-state index contributed by atoms with van der Waals surface area (Å²) in [4.78, 5) is 38.1. The van der Waals surface area contributed by atoms with Gasteiger partial charge in [-0.25, -0.2) is 0 Å². The van der Waals surface area contributed by atoms with Crippen molar-refractivity contribution in [3.8, 4) is 0 Å². The lowest BCUT2D eigenvalue weighted by molar-refractivity contribution is -0.167. The molecule has 0 rings (SSSR count). The molecule has 6 heteroatoms. The van der Waals surface area contributed by atoms with E-state index < -0.39 is 6.10 Å². The Morgan fingerprint density at radius 1 is 0.260 bits per heavy atom. The van der Waals surface area contributed by atoms with Gasteiger partial charge in [-0.05, 0) is 64.2 Å². The molecule has 0 aromatic heterocycles. The summed E-state index contributed by atoms with van der Waals surface area (Å²) >= 11 is 0. The van der Waals surface area contributed by atoms with Gasteiger partial charge in [0.15, 0.2) is 6.10 Å². The molecule has 430 valence electrons. The fourth-order valence-electron chi connectivity index (χ4n) is 9.97. The number of allylic oxidation sites excluding steroid dienone is 4. The molecule has 0 radical (unpaired) electrons. The van der Waals surface area contributed by atoms with E-state index in [1.807, 2.05) is 0 Å². The van der Waals surface area contributed by atoms with E-state index in [0.29, 0.717) is 19.3 Å². The normalized spacial score (nSPS) is 12.1. The van der Waals surface area contributed by atoms with Crippen molar-refractivity contribution in [1.29, 1.82) is 0 Å². The van der Waals surface area contributed by atoms with Crippen LogP contribution in [0.5, 0.6) is 0 Å². The second-order valence-electron chi connectivity index (χ2n) is 22.4. The van der Waals surface area contributed by atoms with Gasteiger partial charge in [-0.3, -0.25) is 14.4 Å². The molecule has 0 aliphatic rings. The van der Waals surface area contributed by atoms with Gasteiger partial charge in [0.25, 0.3) is 0 Å². The lowest BCUT2D eigenvalue weighted by Gasteiger charge is -2.18. The molecule has 0 spiro atoms. The molecule has 0 saturated carbocycles. The molecule has 0 aromatic carbocycles. The maximum Gasteiger partial charge on any atom is 0.306 e. The second kappa shape index (κ2) is 62.4. The number of esters is 3. The molecule has 0 heterocycles. The quantitative estimate of drug-likeness (QED) is 0.0261. The zero-order valence-corrected chi connectivity index (χ0v) is 49.4. The van der Waals surface area contributed by atoms with Gasteiger partial charge in [-0.1, -0.05) is 308 Å². The summed E-state index contributed by atoms with van der Waals surface area (Å²) in [5.41, 5.74) is 0. The molecule has 1 unspecified atom stereocenters. The highest BCUT2D eigenvalue weighted by molar-refractivity contribution is 5.71. The molecule has 0 aromatic rings. The standard InChI is InChI=1S/C67H126O6/c1-4-7-10-13-16-19-22-24-25-26-27-28-29-30-31-32-33-34-35-36-37-38-39-40-41-42-43-44-46-48-51-54-57-60-66(69)72-63-64(62-71-65(68)59-56-53-50-47-21-18-15-12-9-6-3)73-67(70)61-58-55-52-49-45-23-20-17-14-11-8-5-2/h12,15,26-27,64H,4-11,13-14,16-25,28-63H2,1-3H3/b15-12-,27-26-. The third kappa shape index (κ3) is 60.6. The Balaban J connectivity index is 3.96. The minimum Gasteiger partial charge on any atom is -0.462 e. The van der Waals surface area contributed by atoms with Gasteiger partial charge in [0, 0.05) is 19.3 Å². The van der Waals surface area contributed by atoms with Crippen LogP contribution in [0.1, 0.15) is 367 Å². The van der Waals surface area contributed by atoms with Crippen LogP contribution in [0.2, 0.25) is 0 Å². The minimum atomic E-state index is -0.768. The SMILES string of the molecule is CCC/C=C\CCCCCCCC(=O)OCC(COC(=O)CCCCCCCCCCCCCCCCCCCCCCC/C=C\CCCCCCCCCC)OC(=O)CCCCCCCCCCCCCC. The maximum absolute atomic E-state index is 12.8. The van der Waals surface area contributed by atoms with E-state index in [1.54, 1.807) is 0 Å². The first-order valence-corrected chi connectivity index (χ1v) is 32.8. The first-order valence-electron chi connectivity index (χ1n) is 32.8. The first-order chi connectivity index (χ1) is 36.0. The summed E-state index contributed by atoms with van der Waals surface area (Å²) in [7, 11) is 0. The molecule has 0 saturated heterocycles. The maximum atomic E-state index is 12.8. The number of unbranched alkanes of at least 4 members (excludes halogenated alkanes) is 46. The van der Waals surface area contributed by atoms with Crippen molar-refractivity contribution in [1.82, 2.24) is 0 Å². The highest BCUT2D eigenvalue weighted by Crippen LogP contribution is 2.18. The Bertz CT molecular complexity index is 1180. The van der Waals surface area contributed by atoms with Crippen LogP contribution in [0.25, 0.3) is 0 Å². The predicted octanol–water partition coefficient (Wildman–Crippen LogP) is 22.2. The van der Waals surface area contributed by atoms with E-state index in [9.17, 15) is 14.4 Å². The molecule has 0 amide bonds. The molecule has 0 fully saturated rings. The Morgan fingerprint density at radius 2 is 0.479 bits per heavy atom. The zero-order chi connectivity index (χ0) is 52.9. The van der Waals surface area contributed by atoms with Crippen molar-refractivity contribution in [2.24, 2.45) is 0 Å². The lowest BCUT2D eigenvalue weighted by atomic mass is 10.0. The predicted molar refractivity (Wildman–Crippen MR) is 316 cm³/mol. The van der Waals surface area contributed by atoms with Gasteiger partial charge in [0.1, 0.15) is 13.2 Å². The molecule has 0 aliphatic carbocycles. The Kier molecular flexibility index (Phi) is 60.6. The van der Waals surface area contributed by atoms with Gasteiger partial charge < -0.3 is 14.2 Å². The number of rotatable bonds is 61. The van der Waals surface area contributed by atoms with Gasteiger partial charge in [0.2, 0.25) is 0 Å². The smallest absolute Gasteiger partial charge is 0.306 e. The van der Waals surface area contributed by atoms with Crippen LogP contribution in [-0.4, -0.2) is 37.2 Å². The second-order valence-corrected chi connectivity index (χ2v) is 22.4. The average Bonchev–Trinajstić information content (AvgIpc) is 3.39. The van der Waals surface area contributed by atoms with Crippen LogP contribution < -0.4 is 0 Å². The molecular weight excluding hydrogens is 901 g/mol. The van der Waals surface area contributed by atoms with Crippen molar-refractivity contribution in [3.05, 3.63) is 24.3 Å². The highest BCUT2D eigenvalue weighted by atomic mass is 16.6. The van der Waals surface area contributed by atoms with Gasteiger partial charge in [-0.15, -0.1) is 0 Å². The van der Waals surface area contributed by atoms with Gasteiger partial charge >= 0.3 is 17.9 Å². The molecule has 73 heavy (non-hydrogen) atoms. The Morgan fingerprint density at radius 3 is 0.740 bits per heavy atom. The van der Waals surface area contributed by atoms with Gasteiger partial charge in [-0.2, -0.15) is 0 Å². The summed E-state index contributed by atoms with van der Waals surface area (Å²) in [6.07, 6.45) is 75.1. The van der Waals surface area contributed by atoms with Crippen LogP contribution in [-0.2, 0) is 28.6 Å². The minimum absolute atomic E-state index is 0.0681. The molecular formula is C67H126O6. The van der Waals surface area contributed by atoms with Crippen LogP contribution in [0.15, 0.2) is 24.3 Å². The molecule has 0 bridgehead atoms. The number of carbonyl (C=O) groups is 3. The Labute approximate surface area is 455 Å². The van der Waals surface area contributed by atoms with Crippen LogP contribution in [0.4, 0.5) is 0 Å². The van der Waals surface area contributed by atoms with Crippen molar-refractivity contribution < 1.29 is 28.6 Å². The third-order valence-corrected chi connectivity index (χ3v) is 14.9. The summed E-state index contributed by atoms with van der Waals surface area (Å²) in [6, 6.07) is 0. The number of hydrogen-bond acceptors (Lipinski definition) is 6. The molecule has 0 aliphatic heterocycles. The fourth-order valence-corrected chi connectivity index (χ4v) is 9.97. The van der Waals surface area contributed by atoms with Gasteiger partial charge in [0.05, 0.1) is 0 Å². The van der Waals surface area contributed by atoms with Crippen LogP contribution >= 0.6 is 0 Å². The summed E-state index contributed by atoms with van der Waals surface area (Å²) < 4.78 is 16.9. The lowest BCUT2D eigenvalue weighted by Crippen LogP contribution is -2.30. The van der Waals surface area contributed by atoms with Crippen molar-refractivity contribution in [3.63, 3.8) is 0 Å². The fraction of sp³-hybridized carbons (Fsp3) is 0.896. The van der Waals surface area contributed by atoms with E-state index in [2.05, 4.69) is 45.1 Å². The third-order valence-electron chi connectivity index (χ3n) is 14.9. The highest BCUT2D eigenvalue weighted by Gasteiger charge is 2.19. The summed E-state index contributed by atoms with van der Waals surface area (Å²) in [5, 5.41) is 0. The van der Waals surface area contributed by atoms with Crippen molar-refractivity contribution >= 4 is 17.9 Å². The van der Waals surface area contributed by atoms with E-state index in [0.717, 1.165) is 70.6 Å². The molecule has 0 N–H and O–H groups in total. The number of ether oxygens (including phenoxy) is 3. The number of hydrogen-bond donors (Lipinski definition) is 0. The molecule has 6 nitrogen and oxygen atoms in total. The summed E-state index contributed by atoms with van der Waals surface area (Å²) in [6.45, 7) is 6.62. The number of carbonyl (C=O) groups excluding carboxylic acids is 3.